The van der Waals surface area contributed by atoms with Crippen molar-refractivity contribution in [1.29, 1.82) is 0 Å². The monoisotopic (exact) mass is 420 g/mol. The van der Waals surface area contributed by atoms with Crippen LogP contribution < -0.4 is 4.90 Å². The molecule has 0 saturated carbocycles. The van der Waals surface area contributed by atoms with E-state index in [1.165, 1.54) is 16.4 Å². The molecule has 0 amide bonds. The zero-order valence-corrected chi connectivity index (χ0v) is 17.2. The van der Waals surface area contributed by atoms with Gasteiger partial charge in [-0.15, -0.1) is 0 Å². The summed E-state index contributed by atoms with van der Waals surface area (Å²) < 4.78 is 57.1. The van der Waals surface area contributed by atoms with Crippen molar-refractivity contribution in [3.63, 3.8) is 0 Å². The van der Waals surface area contributed by atoms with Gasteiger partial charge in [0.15, 0.2) is 0 Å². The van der Waals surface area contributed by atoms with Crippen molar-refractivity contribution in [1.82, 2.24) is 4.31 Å². The molecule has 2 aliphatic heterocycles. The van der Waals surface area contributed by atoms with Crippen LogP contribution in [-0.4, -0.2) is 32.4 Å². The van der Waals surface area contributed by atoms with Crippen molar-refractivity contribution in [2.24, 2.45) is 0 Å². The van der Waals surface area contributed by atoms with Crippen molar-refractivity contribution in [3.05, 3.63) is 65.2 Å². The normalized spacial score (nSPS) is 22.6. The lowest BCUT2D eigenvalue weighted by Gasteiger charge is -2.33. The van der Waals surface area contributed by atoms with Crippen LogP contribution in [0.3, 0.4) is 0 Å². The summed E-state index contributed by atoms with van der Waals surface area (Å²) in [6.45, 7) is 1.61. The minimum Gasteiger partial charge on any atom is -0.369 e. The highest BCUT2D eigenvalue weighted by atomic mass is 32.2. The van der Waals surface area contributed by atoms with Crippen LogP contribution in [0, 0.1) is 11.6 Å². The summed E-state index contributed by atoms with van der Waals surface area (Å²) in [4.78, 5) is 1.87. The number of piperidine rings is 1. The van der Waals surface area contributed by atoms with Gasteiger partial charge in [0.25, 0.3) is 0 Å². The highest BCUT2D eigenvalue weighted by molar-refractivity contribution is 7.89. The molecule has 29 heavy (non-hydrogen) atoms. The topological polar surface area (TPSA) is 40.6 Å². The molecule has 0 aromatic heterocycles. The Balaban J connectivity index is 1.57. The summed E-state index contributed by atoms with van der Waals surface area (Å²) in [5.74, 6) is -1.04. The molecule has 1 atom stereocenters. The van der Waals surface area contributed by atoms with Gasteiger partial charge in [0, 0.05) is 37.8 Å². The standard InChI is InChI=1S/C22H26F2N2O2S/c23-19-15-21(25-11-5-2-6-12-25)20(24)14-18(19)16-26-13-7-10-22(29(26,27)28)17-8-3-1-4-9-17/h1,3-4,8-9,14-15,22H,2,5-7,10-13,16H2/t22-/m1/s1. The zero-order chi connectivity index (χ0) is 20.4. The van der Waals surface area contributed by atoms with Crippen LogP contribution in [0.15, 0.2) is 42.5 Å². The Morgan fingerprint density at radius 2 is 1.62 bits per heavy atom. The molecule has 2 aromatic rings. The number of hydrogen-bond acceptors (Lipinski definition) is 3. The first-order valence-corrected chi connectivity index (χ1v) is 11.7. The summed E-state index contributed by atoms with van der Waals surface area (Å²) in [6.07, 6.45) is 4.27. The first-order valence-electron chi connectivity index (χ1n) is 10.2. The SMILES string of the molecule is O=S1(=O)[C@@H](c2ccccc2)CCCN1Cc1cc(F)c(N2CCCCC2)cc1F. The van der Waals surface area contributed by atoms with Gasteiger partial charge in [-0.2, -0.15) is 4.31 Å². The van der Waals surface area contributed by atoms with Crippen molar-refractivity contribution >= 4 is 15.7 Å². The van der Waals surface area contributed by atoms with E-state index in [-0.39, 0.29) is 17.8 Å². The third-order valence-corrected chi connectivity index (χ3v) is 8.18. The number of halogens is 2. The van der Waals surface area contributed by atoms with Gasteiger partial charge in [0.05, 0.1) is 5.69 Å². The average molecular weight is 421 g/mol. The zero-order valence-electron chi connectivity index (χ0n) is 16.4. The molecule has 4 nitrogen and oxygen atoms in total. The maximum absolute atomic E-state index is 14.8. The van der Waals surface area contributed by atoms with Gasteiger partial charge < -0.3 is 4.90 Å². The van der Waals surface area contributed by atoms with Gasteiger partial charge in [-0.3, -0.25) is 0 Å². The second-order valence-corrected chi connectivity index (χ2v) is 9.98. The molecule has 2 heterocycles. The van der Waals surface area contributed by atoms with E-state index < -0.39 is 26.9 Å². The third-order valence-electron chi connectivity index (χ3n) is 5.92. The summed E-state index contributed by atoms with van der Waals surface area (Å²) in [7, 11) is -3.64. The number of benzene rings is 2. The Labute approximate surface area is 171 Å². The van der Waals surface area contributed by atoms with Gasteiger partial charge in [0.2, 0.25) is 10.0 Å². The maximum Gasteiger partial charge on any atom is 0.221 e. The molecule has 2 aromatic carbocycles. The van der Waals surface area contributed by atoms with Crippen LogP contribution in [0.1, 0.15) is 48.5 Å². The van der Waals surface area contributed by atoms with E-state index in [9.17, 15) is 17.2 Å². The first-order chi connectivity index (χ1) is 14.0. The van der Waals surface area contributed by atoms with E-state index in [1.807, 2.05) is 23.1 Å². The third kappa shape index (κ3) is 4.16. The summed E-state index contributed by atoms with van der Waals surface area (Å²) in [5.41, 5.74) is 1.10. The van der Waals surface area contributed by atoms with Gasteiger partial charge in [-0.25, -0.2) is 17.2 Å². The molecule has 2 saturated heterocycles. The lowest BCUT2D eigenvalue weighted by Crippen LogP contribution is -2.39. The molecule has 0 aliphatic carbocycles. The molecule has 0 unspecified atom stereocenters. The fourth-order valence-electron chi connectivity index (χ4n) is 4.35. The van der Waals surface area contributed by atoms with E-state index >= 15 is 0 Å². The van der Waals surface area contributed by atoms with Crippen molar-refractivity contribution in [2.45, 2.75) is 43.9 Å². The average Bonchev–Trinajstić information content (AvgIpc) is 2.73. The molecule has 0 spiro atoms. The first kappa shape index (κ1) is 20.3. The molecule has 156 valence electrons. The highest BCUT2D eigenvalue weighted by Gasteiger charge is 2.37. The van der Waals surface area contributed by atoms with E-state index in [2.05, 4.69) is 0 Å². The predicted molar refractivity (Wildman–Crippen MR) is 110 cm³/mol. The van der Waals surface area contributed by atoms with Crippen LogP contribution in [-0.2, 0) is 16.6 Å². The Morgan fingerprint density at radius 3 is 2.34 bits per heavy atom. The van der Waals surface area contributed by atoms with Crippen LogP contribution in [0.5, 0.6) is 0 Å². The lowest BCUT2D eigenvalue weighted by atomic mass is 10.1. The Hall–Kier alpha value is -1.99. The van der Waals surface area contributed by atoms with Crippen molar-refractivity contribution in [3.8, 4) is 0 Å². The van der Waals surface area contributed by atoms with Crippen LogP contribution in [0.25, 0.3) is 0 Å². The largest absolute Gasteiger partial charge is 0.369 e. The van der Waals surface area contributed by atoms with E-state index in [1.54, 1.807) is 12.1 Å². The second kappa shape index (κ2) is 8.40. The van der Waals surface area contributed by atoms with E-state index in [0.29, 0.717) is 19.4 Å². The molecule has 4 rings (SSSR count). The fourth-order valence-corrected chi connectivity index (χ4v) is 6.38. The van der Waals surface area contributed by atoms with Crippen molar-refractivity contribution in [2.75, 3.05) is 24.5 Å². The molecule has 0 radical (unpaired) electrons. The van der Waals surface area contributed by atoms with Gasteiger partial charge in [0.1, 0.15) is 16.9 Å². The lowest BCUT2D eigenvalue weighted by molar-refractivity contribution is 0.354. The molecular weight excluding hydrogens is 394 g/mol. The van der Waals surface area contributed by atoms with Crippen LogP contribution in [0.2, 0.25) is 0 Å². The van der Waals surface area contributed by atoms with Gasteiger partial charge in [-0.1, -0.05) is 30.3 Å². The molecule has 0 bridgehead atoms. The van der Waals surface area contributed by atoms with Crippen molar-refractivity contribution < 1.29 is 17.2 Å². The molecule has 2 aliphatic rings. The fraction of sp³-hybridized carbons (Fsp3) is 0.455. The number of rotatable bonds is 4. The number of hydrogen-bond donors (Lipinski definition) is 0. The Morgan fingerprint density at radius 1 is 0.897 bits per heavy atom. The van der Waals surface area contributed by atoms with Gasteiger partial charge in [-0.05, 0) is 43.7 Å². The number of anilines is 1. The van der Waals surface area contributed by atoms with Crippen LogP contribution >= 0.6 is 0 Å². The Bertz CT molecular complexity index is 960. The van der Waals surface area contributed by atoms with E-state index in [4.69, 9.17) is 0 Å². The van der Waals surface area contributed by atoms with Crippen LogP contribution in [0.4, 0.5) is 14.5 Å². The molecule has 2 fully saturated rings. The molecule has 0 N–H and O–H groups in total. The Kier molecular flexibility index (Phi) is 5.88. The number of sulfonamides is 1. The minimum atomic E-state index is -3.64. The summed E-state index contributed by atoms with van der Waals surface area (Å²) in [6, 6.07) is 11.5. The number of nitrogens with zero attached hydrogens (tertiary/aromatic N) is 2. The van der Waals surface area contributed by atoms with Gasteiger partial charge >= 0.3 is 0 Å². The quantitative estimate of drug-likeness (QED) is 0.725. The van der Waals surface area contributed by atoms with E-state index in [0.717, 1.165) is 37.9 Å². The molecule has 7 heteroatoms. The molecular formula is C22H26F2N2O2S. The second-order valence-electron chi connectivity index (χ2n) is 7.86. The highest BCUT2D eigenvalue weighted by Crippen LogP contribution is 2.36. The summed E-state index contributed by atoms with van der Waals surface area (Å²) >= 11 is 0. The summed E-state index contributed by atoms with van der Waals surface area (Å²) in [5, 5.41) is -0.641. The maximum atomic E-state index is 14.8. The predicted octanol–water partition coefficient (Wildman–Crippen LogP) is 4.62. The smallest absolute Gasteiger partial charge is 0.221 e. The minimum absolute atomic E-state index is 0.0838.